The van der Waals surface area contributed by atoms with E-state index in [1.807, 2.05) is 0 Å². The second-order valence-electron chi connectivity index (χ2n) is 3.89. The standard InChI is InChI=1S/C14H7F3/c15-12-3-1-2-9-10(12)5-4-8-6-13(16)14(17)7-11(8)9/h1-7H. The zero-order valence-corrected chi connectivity index (χ0v) is 8.68. The molecule has 0 bridgehead atoms. The predicted octanol–water partition coefficient (Wildman–Crippen LogP) is 4.41. The van der Waals surface area contributed by atoms with Gasteiger partial charge in [-0.25, -0.2) is 13.2 Å². The number of benzene rings is 3. The summed E-state index contributed by atoms with van der Waals surface area (Å²) in [5.74, 6) is -2.18. The van der Waals surface area contributed by atoms with Crippen molar-refractivity contribution in [3.05, 3.63) is 59.9 Å². The van der Waals surface area contributed by atoms with Crippen LogP contribution >= 0.6 is 0 Å². The van der Waals surface area contributed by atoms with E-state index >= 15 is 0 Å². The van der Waals surface area contributed by atoms with Gasteiger partial charge in [0.05, 0.1) is 0 Å². The molecular weight excluding hydrogens is 225 g/mol. The van der Waals surface area contributed by atoms with Crippen LogP contribution in [0.15, 0.2) is 42.5 Å². The summed E-state index contributed by atoms with van der Waals surface area (Å²) in [5.41, 5.74) is 0. The van der Waals surface area contributed by atoms with Crippen molar-refractivity contribution in [3.8, 4) is 0 Å². The molecule has 0 aliphatic rings. The maximum atomic E-state index is 13.5. The second kappa shape index (κ2) is 3.48. The molecule has 0 unspecified atom stereocenters. The zero-order chi connectivity index (χ0) is 12.0. The van der Waals surface area contributed by atoms with Gasteiger partial charge in [-0.2, -0.15) is 0 Å². The van der Waals surface area contributed by atoms with Gasteiger partial charge in [0.2, 0.25) is 0 Å². The Balaban J connectivity index is 2.55. The van der Waals surface area contributed by atoms with Crippen molar-refractivity contribution in [1.82, 2.24) is 0 Å². The molecule has 0 N–H and O–H groups in total. The molecule has 0 nitrogen and oxygen atoms in total. The molecule has 3 aromatic rings. The normalized spacial score (nSPS) is 11.2. The Hall–Kier alpha value is -2.03. The number of fused-ring (bicyclic) bond motifs is 3. The Bertz CT molecular complexity index is 732. The van der Waals surface area contributed by atoms with Crippen LogP contribution in [0.5, 0.6) is 0 Å². The Kier molecular flexibility index (Phi) is 2.08. The fourth-order valence-corrected chi connectivity index (χ4v) is 2.05. The molecule has 3 heteroatoms. The third-order valence-electron chi connectivity index (χ3n) is 2.87. The van der Waals surface area contributed by atoms with Crippen LogP contribution in [0.1, 0.15) is 0 Å². The zero-order valence-electron chi connectivity index (χ0n) is 8.68. The molecule has 0 aromatic heterocycles. The summed E-state index contributed by atoms with van der Waals surface area (Å²) in [4.78, 5) is 0. The summed E-state index contributed by atoms with van der Waals surface area (Å²) in [6, 6.07) is 9.97. The molecule has 3 rings (SSSR count). The molecule has 0 aliphatic carbocycles. The minimum atomic E-state index is -0.922. The van der Waals surface area contributed by atoms with Gasteiger partial charge in [-0.3, -0.25) is 0 Å². The van der Waals surface area contributed by atoms with E-state index in [1.54, 1.807) is 24.3 Å². The fraction of sp³-hybridized carbons (Fsp3) is 0. The van der Waals surface area contributed by atoms with Gasteiger partial charge in [-0.15, -0.1) is 0 Å². The predicted molar refractivity (Wildman–Crippen MR) is 61.3 cm³/mol. The van der Waals surface area contributed by atoms with Crippen LogP contribution in [0.25, 0.3) is 21.5 Å². The molecule has 0 saturated heterocycles. The maximum Gasteiger partial charge on any atom is 0.159 e. The molecule has 0 saturated carbocycles. The first kappa shape index (κ1) is 10.1. The van der Waals surface area contributed by atoms with E-state index < -0.39 is 11.6 Å². The maximum absolute atomic E-state index is 13.5. The van der Waals surface area contributed by atoms with Gasteiger partial charge >= 0.3 is 0 Å². The van der Waals surface area contributed by atoms with Gasteiger partial charge < -0.3 is 0 Å². The van der Waals surface area contributed by atoms with E-state index in [-0.39, 0.29) is 5.82 Å². The second-order valence-corrected chi connectivity index (χ2v) is 3.89. The lowest BCUT2D eigenvalue weighted by Gasteiger charge is -2.05. The van der Waals surface area contributed by atoms with Gasteiger partial charge in [0.25, 0.3) is 0 Å². The van der Waals surface area contributed by atoms with Crippen molar-refractivity contribution in [2.24, 2.45) is 0 Å². The molecule has 0 atom stereocenters. The van der Waals surface area contributed by atoms with Crippen molar-refractivity contribution in [2.45, 2.75) is 0 Å². The number of halogens is 3. The summed E-state index contributed by atoms with van der Waals surface area (Å²) in [6.07, 6.45) is 0. The molecule has 0 fully saturated rings. The van der Waals surface area contributed by atoms with Gasteiger partial charge in [0, 0.05) is 5.39 Å². The third kappa shape index (κ3) is 1.46. The van der Waals surface area contributed by atoms with E-state index in [2.05, 4.69) is 0 Å². The number of hydrogen-bond donors (Lipinski definition) is 0. The van der Waals surface area contributed by atoms with Crippen LogP contribution in [-0.2, 0) is 0 Å². The van der Waals surface area contributed by atoms with Crippen LogP contribution in [0.4, 0.5) is 13.2 Å². The first-order valence-electron chi connectivity index (χ1n) is 5.13. The lowest BCUT2D eigenvalue weighted by atomic mass is 10.0. The highest BCUT2D eigenvalue weighted by atomic mass is 19.2. The number of rotatable bonds is 0. The van der Waals surface area contributed by atoms with Crippen molar-refractivity contribution in [2.75, 3.05) is 0 Å². The molecule has 0 amide bonds. The van der Waals surface area contributed by atoms with Crippen LogP contribution < -0.4 is 0 Å². The minimum absolute atomic E-state index is 0.367. The SMILES string of the molecule is Fc1cc2ccc3c(F)cccc3c2cc1F. The Morgan fingerprint density at radius 1 is 0.588 bits per heavy atom. The lowest BCUT2D eigenvalue weighted by molar-refractivity contribution is 0.511. The molecule has 0 spiro atoms. The third-order valence-corrected chi connectivity index (χ3v) is 2.87. The summed E-state index contributed by atoms with van der Waals surface area (Å²) in [7, 11) is 0. The smallest absolute Gasteiger partial charge is 0.159 e. The summed E-state index contributed by atoms with van der Waals surface area (Å²) in [6.45, 7) is 0. The largest absolute Gasteiger partial charge is 0.206 e. The molecule has 0 aliphatic heterocycles. The molecular formula is C14H7F3. The monoisotopic (exact) mass is 232 g/mol. The fourth-order valence-electron chi connectivity index (χ4n) is 2.05. The average Bonchev–Trinajstić information content (AvgIpc) is 2.31. The average molecular weight is 232 g/mol. The van der Waals surface area contributed by atoms with E-state index in [9.17, 15) is 13.2 Å². The molecule has 17 heavy (non-hydrogen) atoms. The minimum Gasteiger partial charge on any atom is -0.206 e. The summed E-state index contributed by atoms with van der Waals surface area (Å²) in [5, 5.41) is 2.07. The Morgan fingerprint density at radius 2 is 1.35 bits per heavy atom. The molecule has 3 aromatic carbocycles. The lowest BCUT2D eigenvalue weighted by Crippen LogP contribution is -1.87. The first-order valence-corrected chi connectivity index (χ1v) is 5.13. The van der Waals surface area contributed by atoms with Crippen molar-refractivity contribution in [1.29, 1.82) is 0 Å². The summed E-state index contributed by atoms with van der Waals surface area (Å²) >= 11 is 0. The highest BCUT2D eigenvalue weighted by Crippen LogP contribution is 2.28. The van der Waals surface area contributed by atoms with Crippen LogP contribution in [0.3, 0.4) is 0 Å². The van der Waals surface area contributed by atoms with Crippen LogP contribution in [-0.4, -0.2) is 0 Å². The van der Waals surface area contributed by atoms with Crippen LogP contribution in [0.2, 0.25) is 0 Å². The van der Waals surface area contributed by atoms with E-state index in [0.717, 1.165) is 12.1 Å². The number of hydrogen-bond acceptors (Lipinski definition) is 0. The van der Waals surface area contributed by atoms with E-state index in [0.29, 0.717) is 21.5 Å². The van der Waals surface area contributed by atoms with Gasteiger partial charge in [0.1, 0.15) is 5.82 Å². The quantitative estimate of drug-likeness (QED) is 0.503. The van der Waals surface area contributed by atoms with E-state index in [4.69, 9.17) is 0 Å². The van der Waals surface area contributed by atoms with Gasteiger partial charge in [0.15, 0.2) is 11.6 Å². The molecule has 84 valence electrons. The van der Waals surface area contributed by atoms with E-state index in [1.165, 1.54) is 6.07 Å². The van der Waals surface area contributed by atoms with Gasteiger partial charge in [-0.05, 0) is 34.4 Å². The molecule has 0 radical (unpaired) electrons. The van der Waals surface area contributed by atoms with Crippen molar-refractivity contribution < 1.29 is 13.2 Å². The first-order chi connectivity index (χ1) is 8.16. The summed E-state index contributed by atoms with van der Waals surface area (Å²) < 4.78 is 39.8. The van der Waals surface area contributed by atoms with Crippen molar-refractivity contribution >= 4 is 21.5 Å². The highest BCUT2D eigenvalue weighted by molar-refractivity contribution is 6.07. The highest BCUT2D eigenvalue weighted by Gasteiger charge is 2.08. The Morgan fingerprint density at radius 3 is 2.18 bits per heavy atom. The van der Waals surface area contributed by atoms with Crippen LogP contribution in [0, 0.1) is 17.5 Å². The van der Waals surface area contributed by atoms with Crippen molar-refractivity contribution in [3.63, 3.8) is 0 Å². The van der Waals surface area contributed by atoms with Gasteiger partial charge in [-0.1, -0.05) is 24.3 Å². The molecule has 0 heterocycles. The topological polar surface area (TPSA) is 0 Å². The Labute approximate surface area is 95.3 Å².